The third kappa shape index (κ3) is 3.80. The molecule has 1 radical (unpaired) electrons. The highest BCUT2D eigenvalue weighted by atomic mass is 19.4. The minimum Gasteiger partial charge on any atom is -0.405 e. The molecule has 17 heavy (non-hydrogen) atoms. The number of rotatable bonds is 4. The second-order valence-electron chi connectivity index (χ2n) is 3.61. The standard InChI is InChI=1S/C13H14F3O/c1-4-9(3)11-7-6-10(5-2)12(8-11)17-13(14,15)16/h4,6-8H,1,5H2,2-3H3. The summed E-state index contributed by atoms with van der Waals surface area (Å²) in [6.07, 6.45) is -2.58. The zero-order chi connectivity index (χ0) is 13.1. The van der Waals surface area contributed by atoms with Gasteiger partial charge in [-0.2, -0.15) is 0 Å². The number of halogens is 3. The van der Waals surface area contributed by atoms with Crippen molar-refractivity contribution >= 4 is 0 Å². The van der Waals surface area contributed by atoms with Gasteiger partial charge in [0.2, 0.25) is 0 Å². The van der Waals surface area contributed by atoms with Crippen molar-refractivity contribution in [3.05, 3.63) is 47.9 Å². The molecule has 0 heterocycles. The van der Waals surface area contributed by atoms with Crippen molar-refractivity contribution in [2.75, 3.05) is 0 Å². The van der Waals surface area contributed by atoms with Gasteiger partial charge in [0.15, 0.2) is 0 Å². The Morgan fingerprint density at radius 2 is 2.06 bits per heavy atom. The Morgan fingerprint density at radius 1 is 1.41 bits per heavy atom. The van der Waals surface area contributed by atoms with E-state index in [2.05, 4.69) is 11.3 Å². The molecule has 1 nitrogen and oxygen atoms in total. The van der Waals surface area contributed by atoms with E-state index in [0.29, 0.717) is 17.5 Å². The molecule has 0 unspecified atom stereocenters. The van der Waals surface area contributed by atoms with E-state index in [1.165, 1.54) is 6.07 Å². The van der Waals surface area contributed by atoms with Gasteiger partial charge in [-0.3, -0.25) is 0 Å². The van der Waals surface area contributed by atoms with E-state index >= 15 is 0 Å². The fourth-order valence-electron chi connectivity index (χ4n) is 1.43. The van der Waals surface area contributed by atoms with Gasteiger partial charge in [-0.25, -0.2) is 0 Å². The zero-order valence-corrected chi connectivity index (χ0v) is 9.77. The average Bonchev–Trinajstić information content (AvgIpc) is 2.25. The maximum atomic E-state index is 12.2. The Kier molecular flexibility index (Phi) is 4.21. The van der Waals surface area contributed by atoms with Crippen molar-refractivity contribution in [1.29, 1.82) is 0 Å². The van der Waals surface area contributed by atoms with E-state index < -0.39 is 6.36 Å². The first kappa shape index (κ1) is 13.6. The van der Waals surface area contributed by atoms with E-state index in [0.717, 1.165) is 5.92 Å². The quantitative estimate of drug-likeness (QED) is 0.767. The molecule has 0 N–H and O–H groups in total. The van der Waals surface area contributed by atoms with Gasteiger partial charge in [0.25, 0.3) is 0 Å². The summed E-state index contributed by atoms with van der Waals surface area (Å²) in [4.78, 5) is 0. The fourth-order valence-corrected chi connectivity index (χ4v) is 1.43. The molecule has 0 amide bonds. The summed E-state index contributed by atoms with van der Waals surface area (Å²) < 4.78 is 40.7. The lowest BCUT2D eigenvalue weighted by molar-refractivity contribution is -0.274. The fraction of sp³-hybridized carbons (Fsp3) is 0.308. The summed E-state index contributed by atoms with van der Waals surface area (Å²) in [6, 6.07) is 4.80. The minimum atomic E-state index is -4.66. The van der Waals surface area contributed by atoms with E-state index in [1.807, 2.05) is 0 Å². The smallest absolute Gasteiger partial charge is 0.405 e. The van der Waals surface area contributed by atoms with E-state index in [-0.39, 0.29) is 5.75 Å². The number of benzene rings is 1. The molecule has 0 bridgehead atoms. The largest absolute Gasteiger partial charge is 0.573 e. The van der Waals surface area contributed by atoms with Gasteiger partial charge >= 0.3 is 6.36 Å². The van der Waals surface area contributed by atoms with Crippen LogP contribution in [-0.2, 0) is 6.42 Å². The van der Waals surface area contributed by atoms with Crippen LogP contribution in [0.3, 0.4) is 0 Å². The molecule has 0 aliphatic rings. The SMILES string of the molecule is C=C[C](C)c1ccc(CC)c(OC(F)(F)F)c1. The number of aryl methyl sites for hydroxylation is 1. The summed E-state index contributed by atoms with van der Waals surface area (Å²) in [5.74, 6) is 0.665. The maximum Gasteiger partial charge on any atom is 0.573 e. The average molecular weight is 243 g/mol. The van der Waals surface area contributed by atoms with Gasteiger partial charge in [-0.1, -0.05) is 32.1 Å². The predicted octanol–water partition coefficient (Wildman–Crippen LogP) is 4.28. The molecule has 1 aromatic rings. The second kappa shape index (κ2) is 5.25. The molecule has 0 aliphatic carbocycles. The zero-order valence-electron chi connectivity index (χ0n) is 9.77. The van der Waals surface area contributed by atoms with Gasteiger partial charge < -0.3 is 4.74 Å². The number of hydrogen-bond acceptors (Lipinski definition) is 1. The Bertz CT molecular complexity index is 396. The van der Waals surface area contributed by atoms with Gasteiger partial charge in [-0.05, 0) is 23.6 Å². The lowest BCUT2D eigenvalue weighted by Gasteiger charge is -2.15. The normalized spacial score (nSPS) is 11.6. The van der Waals surface area contributed by atoms with Crippen LogP contribution in [0.25, 0.3) is 0 Å². The van der Waals surface area contributed by atoms with Crippen LogP contribution in [0.5, 0.6) is 5.75 Å². The lowest BCUT2D eigenvalue weighted by Crippen LogP contribution is -2.18. The molecule has 0 aromatic heterocycles. The van der Waals surface area contributed by atoms with Crippen LogP contribution in [0.2, 0.25) is 0 Å². The molecule has 93 valence electrons. The highest BCUT2D eigenvalue weighted by molar-refractivity contribution is 5.45. The van der Waals surface area contributed by atoms with Crippen molar-refractivity contribution in [3.63, 3.8) is 0 Å². The molecule has 0 saturated carbocycles. The van der Waals surface area contributed by atoms with Crippen molar-refractivity contribution in [1.82, 2.24) is 0 Å². The van der Waals surface area contributed by atoms with E-state index in [1.54, 1.807) is 32.1 Å². The van der Waals surface area contributed by atoms with Crippen molar-refractivity contribution in [3.8, 4) is 5.75 Å². The van der Waals surface area contributed by atoms with Crippen LogP contribution in [0.4, 0.5) is 13.2 Å². The maximum absolute atomic E-state index is 12.2. The Balaban J connectivity index is 3.10. The topological polar surface area (TPSA) is 9.23 Å². The van der Waals surface area contributed by atoms with Gasteiger partial charge in [0, 0.05) is 5.92 Å². The van der Waals surface area contributed by atoms with Crippen LogP contribution >= 0.6 is 0 Å². The molecule has 0 saturated heterocycles. The Hall–Kier alpha value is -1.45. The van der Waals surface area contributed by atoms with Crippen LogP contribution < -0.4 is 4.74 Å². The van der Waals surface area contributed by atoms with Gasteiger partial charge in [0.05, 0.1) is 0 Å². The Labute approximate surface area is 98.9 Å². The summed E-state index contributed by atoms with van der Waals surface area (Å²) in [5, 5.41) is 0. The second-order valence-corrected chi connectivity index (χ2v) is 3.61. The predicted molar refractivity (Wildman–Crippen MR) is 60.7 cm³/mol. The van der Waals surface area contributed by atoms with Crippen molar-refractivity contribution in [2.24, 2.45) is 0 Å². The lowest BCUT2D eigenvalue weighted by atomic mass is 9.98. The van der Waals surface area contributed by atoms with Crippen LogP contribution in [0, 0.1) is 5.92 Å². The first-order valence-corrected chi connectivity index (χ1v) is 5.22. The Morgan fingerprint density at radius 3 is 2.53 bits per heavy atom. The van der Waals surface area contributed by atoms with E-state index in [9.17, 15) is 13.2 Å². The molecular formula is C13H14F3O. The van der Waals surface area contributed by atoms with Gasteiger partial charge in [-0.15, -0.1) is 19.8 Å². The summed E-state index contributed by atoms with van der Waals surface area (Å²) in [6.45, 7) is 7.15. The van der Waals surface area contributed by atoms with Crippen LogP contribution in [0.1, 0.15) is 25.0 Å². The number of allylic oxidation sites excluding steroid dienone is 1. The molecule has 0 fully saturated rings. The number of hydrogen-bond donors (Lipinski definition) is 0. The first-order valence-electron chi connectivity index (χ1n) is 5.22. The third-order valence-electron chi connectivity index (χ3n) is 2.44. The summed E-state index contributed by atoms with van der Waals surface area (Å²) in [7, 11) is 0. The first-order chi connectivity index (χ1) is 7.87. The summed E-state index contributed by atoms with van der Waals surface area (Å²) in [5.41, 5.74) is 1.21. The molecule has 0 aliphatic heterocycles. The minimum absolute atomic E-state index is 0.140. The highest BCUT2D eigenvalue weighted by Crippen LogP contribution is 2.30. The van der Waals surface area contributed by atoms with E-state index in [4.69, 9.17) is 0 Å². The highest BCUT2D eigenvalue weighted by Gasteiger charge is 2.32. The molecule has 0 atom stereocenters. The summed E-state index contributed by atoms with van der Waals surface area (Å²) >= 11 is 0. The van der Waals surface area contributed by atoms with Gasteiger partial charge in [0.1, 0.15) is 5.75 Å². The van der Waals surface area contributed by atoms with Crippen molar-refractivity contribution in [2.45, 2.75) is 26.6 Å². The van der Waals surface area contributed by atoms with Crippen molar-refractivity contribution < 1.29 is 17.9 Å². The third-order valence-corrected chi connectivity index (χ3v) is 2.44. The molecular weight excluding hydrogens is 229 g/mol. The number of alkyl halides is 3. The molecule has 1 rings (SSSR count). The van der Waals surface area contributed by atoms with Crippen LogP contribution in [-0.4, -0.2) is 6.36 Å². The number of ether oxygens (including phenoxy) is 1. The molecule has 0 spiro atoms. The molecule has 4 heteroatoms. The monoisotopic (exact) mass is 243 g/mol. The van der Waals surface area contributed by atoms with Crippen LogP contribution in [0.15, 0.2) is 30.9 Å². The molecule has 1 aromatic carbocycles.